The fourth-order valence-corrected chi connectivity index (χ4v) is 3.97. The average Bonchev–Trinajstić information content (AvgIpc) is 2.79. The minimum absolute atomic E-state index is 0.0854. The van der Waals surface area contributed by atoms with Gasteiger partial charge in [-0.05, 0) is 61.2 Å². The average molecular weight is 407 g/mol. The summed E-state index contributed by atoms with van der Waals surface area (Å²) in [7, 11) is 0. The lowest BCUT2D eigenvalue weighted by Gasteiger charge is -2.33. The standard InChI is InChI=1S/C24H23F2N3O/c25-20-8-3-17(4-9-20)5-12-22(30)29-15-1-2-19(16-29)24-23(27-13-14-28-24)18-6-10-21(26)11-7-18/h3-4,6-11,13-14,19H,1-2,5,12,15-16H2/t19-/m1/s1. The fraction of sp³-hybridized carbons (Fsp3) is 0.292. The molecule has 1 aromatic heterocycles. The summed E-state index contributed by atoms with van der Waals surface area (Å²) in [5, 5.41) is 0. The number of halogens is 2. The van der Waals surface area contributed by atoms with Crippen molar-refractivity contribution in [2.45, 2.75) is 31.6 Å². The van der Waals surface area contributed by atoms with E-state index >= 15 is 0 Å². The molecule has 1 saturated heterocycles. The van der Waals surface area contributed by atoms with Crippen LogP contribution < -0.4 is 0 Å². The van der Waals surface area contributed by atoms with Crippen molar-refractivity contribution in [2.24, 2.45) is 0 Å². The third-order valence-corrected chi connectivity index (χ3v) is 5.55. The lowest BCUT2D eigenvalue weighted by Crippen LogP contribution is -2.39. The lowest BCUT2D eigenvalue weighted by atomic mass is 9.91. The molecule has 2 aromatic carbocycles. The molecule has 6 heteroatoms. The summed E-state index contributed by atoms with van der Waals surface area (Å²) in [6, 6.07) is 12.5. The SMILES string of the molecule is O=C(CCc1ccc(F)cc1)N1CCC[C@@H](c2nccnc2-c2ccc(F)cc2)C1. The molecule has 1 atom stereocenters. The normalized spacial score (nSPS) is 16.5. The van der Waals surface area contributed by atoms with E-state index in [4.69, 9.17) is 0 Å². The van der Waals surface area contributed by atoms with Crippen LogP contribution in [0.4, 0.5) is 8.78 Å². The summed E-state index contributed by atoms with van der Waals surface area (Å²) < 4.78 is 26.4. The highest BCUT2D eigenvalue weighted by Crippen LogP contribution is 2.32. The topological polar surface area (TPSA) is 46.1 Å². The molecule has 1 amide bonds. The Kier molecular flexibility index (Phi) is 6.12. The number of aryl methyl sites for hydroxylation is 1. The first-order chi connectivity index (χ1) is 14.6. The summed E-state index contributed by atoms with van der Waals surface area (Å²) in [5.41, 5.74) is 3.35. The molecule has 4 nitrogen and oxygen atoms in total. The number of rotatable bonds is 5. The van der Waals surface area contributed by atoms with Crippen molar-refractivity contribution in [2.75, 3.05) is 13.1 Å². The Hall–Kier alpha value is -3.15. The Labute approximate surface area is 174 Å². The van der Waals surface area contributed by atoms with Crippen LogP contribution in [0.2, 0.25) is 0 Å². The molecule has 0 aliphatic carbocycles. The van der Waals surface area contributed by atoms with E-state index in [1.54, 1.807) is 36.7 Å². The molecular formula is C24H23F2N3O. The molecule has 0 bridgehead atoms. The molecule has 0 unspecified atom stereocenters. The molecule has 154 valence electrons. The maximum absolute atomic E-state index is 13.3. The number of aromatic nitrogens is 2. The zero-order chi connectivity index (χ0) is 20.9. The first-order valence-corrected chi connectivity index (χ1v) is 10.2. The molecule has 4 rings (SSSR count). The van der Waals surface area contributed by atoms with Gasteiger partial charge in [0.15, 0.2) is 0 Å². The van der Waals surface area contributed by atoms with Gasteiger partial charge in [0.25, 0.3) is 0 Å². The van der Waals surface area contributed by atoms with Crippen molar-refractivity contribution in [1.82, 2.24) is 14.9 Å². The smallest absolute Gasteiger partial charge is 0.222 e. The van der Waals surface area contributed by atoms with Gasteiger partial charge in [-0.3, -0.25) is 14.8 Å². The van der Waals surface area contributed by atoms with Gasteiger partial charge >= 0.3 is 0 Å². The van der Waals surface area contributed by atoms with E-state index in [0.717, 1.165) is 41.9 Å². The zero-order valence-corrected chi connectivity index (χ0v) is 16.6. The Morgan fingerprint density at radius 2 is 1.63 bits per heavy atom. The Balaban J connectivity index is 1.46. The molecular weight excluding hydrogens is 384 g/mol. The number of benzene rings is 2. The zero-order valence-electron chi connectivity index (χ0n) is 16.6. The van der Waals surface area contributed by atoms with Gasteiger partial charge < -0.3 is 4.90 Å². The van der Waals surface area contributed by atoms with Gasteiger partial charge in [-0.25, -0.2) is 8.78 Å². The second-order valence-corrected chi connectivity index (χ2v) is 7.60. The lowest BCUT2D eigenvalue weighted by molar-refractivity contribution is -0.132. The van der Waals surface area contributed by atoms with Gasteiger partial charge in [0, 0.05) is 43.4 Å². The third-order valence-electron chi connectivity index (χ3n) is 5.55. The van der Waals surface area contributed by atoms with Crippen molar-refractivity contribution in [1.29, 1.82) is 0 Å². The minimum Gasteiger partial charge on any atom is -0.342 e. The maximum atomic E-state index is 13.3. The molecule has 3 aromatic rings. The molecule has 30 heavy (non-hydrogen) atoms. The van der Waals surface area contributed by atoms with Crippen molar-refractivity contribution in [3.05, 3.63) is 83.8 Å². The van der Waals surface area contributed by atoms with Gasteiger partial charge in [-0.2, -0.15) is 0 Å². The van der Waals surface area contributed by atoms with E-state index in [2.05, 4.69) is 9.97 Å². The molecule has 0 N–H and O–H groups in total. The number of carbonyl (C=O) groups is 1. The fourth-order valence-electron chi connectivity index (χ4n) is 3.97. The van der Waals surface area contributed by atoms with Crippen molar-refractivity contribution in [3.8, 4) is 11.3 Å². The van der Waals surface area contributed by atoms with E-state index in [0.29, 0.717) is 19.4 Å². The number of hydrogen-bond donors (Lipinski definition) is 0. The quantitative estimate of drug-likeness (QED) is 0.613. The molecule has 1 aliphatic heterocycles. The minimum atomic E-state index is -0.292. The number of nitrogens with zero attached hydrogens (tertiary/aromatic N) is 3. The predicted molar refractivity (Wildman–Crippen MR) is 111 cm³/mol. The van der Waals surface area contributed by atoms with Crippen molar-refractivity contribution >= 4 is 5.91 Å². The summed E-state index contributed by atoms with van der Waals surface area (Å²) >= 11 is 0. The highest BCUT2D eigenvalue weighted by molar-refractivity contribution is 5.76. The van der Waals surface area contributed by atoms with E-state index in [1.807, 2.05) is 4.90 Å². The predicted octanol–water partition coefficient (Wildman–Crippen LogP) is 4.76. The van der Waals surface area contributed by atoms with E-state index in [-0.39, 0.29) is 23.5 Å². The van der Waals surface area contributed by atoms with Crippen LogP contribution in [0.1, 0.15) is 36.4 Å². The molecule has 0 spiro atoms. The third kappa shape index (κ3) is 4.70. The summed E-state index contributed by atoms with van der Waals surface area (Å²) in [6.07, 6.45) is 6.10. The number of likely N-dealkylation sites (tertiary alicyclic amines) is 1. The van der Waals surface area contributed by atoms with Crippen molar-refractivity contribution < 1.29 is 13.6 Å². The first-order valence-electron chi connectivity index (χ1n) is 10.2. The van der Waals surface area contributed by atoms with Crippen LogP contribution in [-0.2, 0) is 11.2 Å². The van der Waals surface area contributed by atoms with E-state index in [9.17, 15) is 13.6 Å². The number of amides is 1. The Bertz CT molecular complexity index is 1010. The number of hydrogen-bond acceptors (Lipinski definition) is 3. The highest BCUT2D eigenvalue weighted by atomic mass is 19.1. The Morgan fingerprint density at radius 1 is 0.967 bits per heavy atom. The van der Waals surface area contributed by atoms with E-state index < -0.39 is 0 Å². The van der Waals surface area contributed by atoms with Gasteiger partial charge in [-0.1, -0.05) is 12.1 Å². The van der Waals surface area contributed by atoms with Crippen molar-refractivity contribution in [3.63, 3.8) is 0 Å². The first kappa shape index (κ1) is 20.1. The van der Waals surface area contributed by atoms with Gasteiger partial charge in [0.05, 0.1) is 11.4 Å². The largest absolute Gasteiger partial charge is 0.342 e. The molecule has 0 saturated carbocycles. The Morgan fingerprint density at radius 3 is 2.37 bits per heavy atom. The summed E-state index contributed by atoms with van der Waals surface area (Å²) in [4.78, 5) is 23.7. The summed E-state index contributed by atoms with van der Waals surface area (Å²) in [6.45, 7) is 1.32. The van der Waals surface area contributed by atoms with Gasteiger partial charge in [0.2, 0.25) is 5.91 Å². The van der Waals surface area contributed by atoms with Crippen LogP contribution in [0.5, 0.6) is 0 Å². The maximum Gasteiger partial charge on any atom is 0.222 e. The monoisotopic (exact) mass is 407 g/mol. The summed E-state index contributed by atoms with van der Waals surface area (Å²) in [5.74, 6) is -0.386. The molecule has 0 radical (unpaired) electrons. The second kappa shape index (κ2) is 9.11. The number of piperidine rings is 1. The van der Waals surface area contributed by atoms with E-state index in [1.165, 1.54) is 24.3 Å². The molecule has 1 fully saturated rings. The molecule has 2 heterocycles. The van der Waals surface area contributed by atoms with Crippen LogP contribution in [0.3, 0.4) is 0 Å². The van der Waals surface area contributed by atoms with Crippen LogP contribution in [0.15, 0.2) is 60.9 Å². The number of carbonyl (C=O) groups excluding carboxylic acids is 1. The second-order valence-electron chi connectivity index (χ2n) is 7.60. The highest BCUT2D eigenvalue weighted by Gasteiger charge is 2.27. The van der Waals surface area contributed by atoms with Crippen LogP contribution in [0.25, 0.3) is 11.3 Å². The van der Waals surface area contributed by atoms with Crippen LogP contribution >= 0.6 is 0 Å². The van der Waals surface area contributed by atoms with Gasteiger partial charge in [0.1, 0.15) is 11.6 Å². The van der Waals surface area contributed by atoms with Gasteiger partial charge in [-0.15, -0.1) is 0 Å². The molecule has 1 aliphatic rings. The van der Waals surface area contributed by atoms with Crippen LogP contribution in [0, 0.1) is 11.6 Å². The van der Waals surface area contributed by atoms with Crippen LogP contribution in [-0.4, -0.2) is 33.9 Å².